The van der Waals surface area contributed by atoms with Gasteiger partial charge in [-0.25, -0.2) is 8.42 Å². The second-order valence-electron chi connectivity index (χ2n) is 5.40. The van der Waals surface area contributed by atoms with Crippen molar-refractivity contribution in [3.8, 4) is 0 Å². The number of rotatable bonds is 1. The van der Waals surface area contributed by atoms with Gasteiger partial charge < -0.3 is 10.2 Å². The van der Waals surface area contributed by atoms with Crippen LogP contribution in [0.25, 0.3) is 0 Å². The van der Waals surface area contributed by atoms with Crippen molar-refractivity contribution in [1.29, 1.82) is 0 Å². The molecule has 108 valence electrons. The fourth-order valence-electron chi connectivity index (χ4n) is 2.90. The number of benzene rings is 1. The Hall–Kier alpha value is -1.40. The molecule has 5 nitrogen and oxygen atoms in total. The number of hydrogen-bond acceptors (Lipinski definition) is 4. The van der Waals surface area contributed by atoms with Gasteiger partial charge >= 0.3 is 0 Å². The summed E-state index contributed by atoms with van der Waals surface area (Å²) >= 11 is 0. The lowest BCUT2D eigenvalue weighted by Crippen LogP contribution is -2.39. The van der Waals surface area contributed by atoms with E-state index in [1.807, 2.05) is 24.3 Å². The first-order chi connectivity index (χ1) is 9.57. The number of para-hydroxylation sites is 1. The number of hydrogen-bond donors (Lipinski definition) is 1. The standard InChI is InChI=1S/C14H18N2O3S/c17-14(12-5-8-20(18,19)10-12)16-7-6-15-9-11-3-1-2-4-13(11)16/h1-4,12,15H,5-10H2. The first kappa shape index (κ1) is 13.6. The van der Waals surface area contributed by atoms with Crippen LogP contribution in [0.15, 0.2) is 24.3 Å². The van der Waals surface area contributed by atoms with Crippen molar-refractivity contribution >= 4 is 21.4 Å². The summed E-state index contributed by atoms with van der Waals surface area (Å²) in [5.74, 6) is -0.303. The summed E-state index contributed by atoms with van der Waals surface area (Å²) in [7, 11) is -3.03. The molecule has 0 spiro atoms. The highest BCUT2D eigenvalue weighted by atomic mass is 32.2. The molecule has 1 atom stereocenters. The smallest absolute Gasteiger partial charge is 0.231 e. The van der Waals surface area contributed by atoms with Gasteiger partial charge in [0.2, 0.25) is 5.91 Å². The van der Waals surface area contributed by atoms with E-state index in [1.54, 1.807) is 4.90 Å². The van der Waals surface area contributed by atoms with Crippen LogP contribution in [0.5, 0.6) is 0 Å². The summed E-state index contributed by atoms with van der Waals surface area (Å²) in [6.07, 6.45) is 0.452. The molecule has 0 aliphatic carbocycles. The SMILES string of the molecule is O=C(C1CCS(=O)(=O)C1)N1CCNCc2ccccc21. The van der Waals surface area contributed by atoms with Crippen LogP contribution in [0, 0.1) is 5.92 Å². The minimum atomic E-state index is -3.03. The molecule has 1 amide bonds. The average molecular weight is 294 g/mol. The lowest BCUT2D eigenvalue weighted by Gasteiger charge is -2.25. The molecule has 0 radical (unpaired) electrons. The molecule has 6 heteroatoms. The zero-order valence-corrected chi connectivity index (χ0v) is 12.0. The number of sulfone groups is 1. The van der Waals surface area contributed by atoms with Gasteiger partial charge in [-0.05, 0) is 18.1 Å². The molecule has 1 N–H and O–H groups in total. The molecule has 0 bridgehead atoms. The molecular weight excluding hydrogens is 276 g/mol. The highest BCUT2D eigenvalue weighted by molar-refractivity contribution is 7.91. The Bertz CT molecular complexity index is 627. The molecule has 2 aliphatic rings. The van der Waals surface area contributed by atoms with Crippen molar-refractivity contribution in [1.82, 2.24) is 5.32 Å². The van der Waals surface area contributed by atoms with E-state index in [2.05, 4.69) is 5.32 Å². The minimum absolute atomic E-state index is 0.00205. The molecule has 1 saturated heterocycles. The number of anilines is 1. The van der Waals surface area contributed by atoms with E-state index >= 15 is 0 Å². The molecule has 20 heavy (non-hydrogen) atoms. The lowest BCUT2D eigenvalue weighted by molar-refractivity contribution is -0.121. The van der Waals surface area contributed by atoms with Gasteiger partial charge in [-0.3, -0.25) is 4.79 Å². The monoisotopic (exact) mass is 294 g/mol. The Labute approximate surface area is 118 Å². The number of amides is 1. The van der Waals surface area contributed by atoms with Crippen molar-refractivity contribution < 1.29 is 13.2 Å². The van der Waals surface area contributed by atoms with E-state index in [9.17, 15) is 13.2 Å². The van der Waals surface area contributed by atoms with E-state index in [4.69, 9.17) is 0 Å². The minimum Gasteiger partial charge on any atom is -0.311 e. The van der Waals surface area contributed by atoms with E-state index in [1.165, 1.54) is 0 Å². The molecule has 3 rings (SSSR count). The predicted octanol–water partition coefficient (Wildman–Crippen LogP) is 0.558. The Morgan fingerprint density at radius 2 is 2.10 bits per heavy atom. The van der Waals surface area contributed by atoms with Crippen LogP contribution in [-0.4, -0.2) is 38.9 Å². The third-order valence-corrected chi connectivity index (χ3v) is 5.73. The largest absolute Gasteiger partial charge is 0.311 e. The van der Waals surface area contributed by atoms with E-state index in [-0.39, 0.29) is 23.3 Å². The maximum Gasteiger partial charge on any atom is 0.231 e. The summed E-state index contributed by atoms with van der Waals surface area (Å²) in [5.41, 5.74) is 1.99. The van der Waals surface area contributed by atoms with Crippen LogP contribution in [0.2, 0.25) is 0 Å². The maximum atomic E-state index is 12.6. The summed E-state index contributed by atoms with van der Waals surface area (Å²) in [4.78, 5) is 14.4. The van der Waals surface area contributed by atoms with Crippen LogP contribution >= 0.6 is 0 Å². The second-order valence-corrected chi connectivity index (χ2v) is 7.62. The summed E-state index contributed by atoms with van der Waals surface area (Å²) in [6.45, 7) is 2.05. The fraction of sp³-hybridized carbons (Fsp3) is 0.500. The molecule has 1 aromatic rings. The number of fused-ring (bicyclic) bond motifs is 1. The summed E-state index contributed by atoms with van der Waals surface area (Å²) in [5, 5.41) is 3.28. The number of nitrogens with one attached hydrogen (secondary N) is 1. The van der Waals surface area contributed by atoms with Crippen LogP contribution in [0.1, 0.15) is 12.0 Å². The first-order valence-corrected chi connectivity index (χ1v) is 8.69. The number of carbonyl (C=O) groups is 1. The number of nitrogens with zero attached hydrogens (tertiary/aromatic N) is 1. The van der Waals surface area contributed by atoms with Crippen molar-refractivity contribution in [2.75, 3.05) is 29.5 Å². The zero-order valence-electron chi connectivity index (χ0n) is 11.2. The molecule has 0 aromatic heterocycles. The van der Waals surface area contributed by atoms with Gasteiger partial charge in [-0.2, -0.15) is 0 Å². The molecule has 1 unspecified atom stereocenters. The Morgan fingerprint density at radius 1 is 1.30 bits per heavy atom. The van der Waals surface area contributed by atoms with Crippen LogP contribution in [-0.2, 0) is 21.2 Å². The van der Waals surface area contributed by atoms with E-state index in [0.717, 1.165) is 24.3 Å². The molecule has 1 aromatic carbocycles. The molecular formula is C14H18N2O3S. The predicted molar refractivity (Wildman–Crippen MR) is 77.3 cm³/mol. The fourth-order valence-corrected chi connectivity index (χ4v) is 4.63. The Balaban J connectivity index is 1.88. The van der Waals surface area contributed by atoms with Gasteiger partial charge in [0.15, 0.2) is 9.84 Å². The maximum absolute atomic E-state index is 12.6. The Kier molecular flexibility index (Phi) is 3.52. The molecule has 1 fully saturated rings. The first-order valence-electron chi connectivity index (χ1n) is 6.87. The molecule has 2 aliphatic heterocycles. The van der Waals surface area contributed by atoms with Crippen LogP contribution in [0.4, 0.5) is 5.69 Å². The zero-order chi connectivity index (χ0) is 14.2. The summed E-state index contributed by atoms with van der Waals surface area (Å²) < 4.78 is 23.1. The van der Waals surface area contributed by atoms with Crippen molar-refractivity contribution in [2.45, 2.75) is 13.0 Å². The molecule has 2 heterocycles. The third kappa shape index (κ3) is 2.58. The van der Waals surface area contributed by atoms with Gasteiger partial charge in [-0.15, -0.1) is 0 Å². The summed E-state index contributed by atoms with van der Waals surface area (Å²) in [6, 6.07) is 7.80. The second kappa shape index (κ2) is 5.18. The highest BCUT2D eigenvalue weighted by Gasteiger charge is 2.36. The van der Waals surface area contributed by atoms with Gasteiger partial charge in [0, 0.05) is 25.3 Å². The van der Waals surface area contributed by atoms with Gasteiger partial charge in [0.25, 0.3) is 0 Å². The van der Waals surface area contributed by atoms with Gasteiger partial charge in [0.05, 0.1) is 17.4 Å². The average Bonchev–Trinajstić information content (AvgIpc) is 2.68. The van der Waals surface area contributed by atoms with Crippen LogP contribution in [0.3, 0.4) is 0 Å². The van der Waals surface area contributed by atoms with E-state index in [0.29, 0.717) is 13.0 Å². The topological polar surface area (TPSA) is 66.5 Å². The quantitative estimate of drug-likeness (QED) is 0.822. The normalized spacial score (nSPS) is 25.0. The highest BCUT2D eigenvalue weighted by Crippen LogP contribution is 2.27. The number of carbonyl (C=O) groups excluding carboxylic acids is 1. The Morgan fingerprint density at radius 3 is 2.85 bits per heavy atom. The van der Waals surface area contributed by atoms with Crippen molar-refractivity contribution in [3.63, 3.8) is 0 Å². The third-order valence-electron chi connectivity index (χ3n) is 3.96. The van der Waals surface area contributed by atoms with Gasteiger partial charge in [0.1, 0.15) is 0 Å². The van der Waals surface area contributed by atoms with Crippen LogP contribution < -0.4 is 10.2 Å². The lowest BCUT2D eigenvalue weighted by atomic mass is 10.1. The van der Waals surface area contributed by atoms with Crippen molar-refractivity contribution in [2.24, 2.45) is 5.92 Å². The van der Waals surface area contributed by atoms with Gasteiger partial charge in [-0.1, -0.05) is 18.2 Å². The molecule has 0 saturated carbocycles. The van der Waals surface area contributed by atoms with E-state index < -0.39 is 9.84 Å². The van der Waals surface area contributed by atoms with Crippen molar-refractivity contribution in [3.05, 3.63) is 29.8 Å².